The standard InChI is InChI=1S/C13H15ClN2/c1-2-3-6-11-9-10-16(15-11)13-8-5-4-7-12(13)14/h4-5,7-10H,2-3,6H2,1H3. The predicted molar refractivity (Wildman–Crippen MR) is 67.2 cm³/mol. The van der Waals surface area contributed by atoms with Crippen molar-refractivity contribution in [3.8, 4) is 5.69 Å². The second-order valence-corrected chi connectivity index (χ2v) is 4.21. The Morgan fingerprint density at radius 2 is 2.06 bits per heavy atom. The lowest BCUT2D eigenvalue weighted by Crippen LogP contribution is -1.96. The molecular formula is C13H15ClN2. The average Bonchev–Trinajstić information content (AvgIpc) is 2.75. The van der Waals surface area contributed by atoms with Gasteiger partial charge in [-0.1, -0.05) is 37.1 Å². The van der Waals surface area contributed by atoms with Gasteiger partial charge in [0, 0.05) is 6.20 Å². The fourth-order valence-corrected chi connectivity index (χ4v) is 1.85. The summed E-state index contributed by atoms with van der Waals surface area (Å²) in [4.78, 5) is 0. The van der Waals surface area contributed by atoms with E-state index in [1.54, 1.807) is 0 Å². The Morgan fingerprint density at radius 1 is 1.25 bits per heavy atom. The Bertz CT molecular complexity index is 462. The summed E-state index contributed by atoms with van der Waals surface area (Å²) < 4.78 is 1.84. The Labute approximate surface area is 101 Å². The first kappa shape index (κ1) is 11.2. The second kappa shape index (κ2) is 5.17. The van der Waals surface area contributed by atoms with Gasteiger partial charge in [0.2, 0.25) is 0 Å². The molecule has 0 amide bonds. The van der Waals surface area contributed by atoms with Gasteiger partial charge in [0.25, 0.3) is 0 Å². The van der Waals surface area contributed by atoms with Gasteiger partial charge in [0.15, 0.2) is 0 Å². The summed E-state index contributed by atoms with van der Waals surface area (Å²) in [6.45, 7) is 2.19. The molecule has 0 radical (unpaired) electrons. The van der Waals surface area contributed by atoms with E-state index in [9.17, 15) is 0 Å². The summed E-state index contributed by atoms with van der Waals surface area (Å²) in [7, 11) is 0. The maximum Gasteiger partial charge on any atom is 0.0831 e. The summed E-state index contributed by atoms with van der Waals surface area (Å²) in [5, 5.41) is 5.24. The quantitative estimate of drug-likeness (QED) is 0.785. The summed E-state index contributed by atoms with van der Waals surface area (Å²) in [5.41, 5.74) is 2.06. The highest BCUT2D eigenvalue weighted by Crippen LogP contribution is 2.19. The van der Waals surface area contributed by atoms with Crippen LogP contribution in [0.5, 0.6) is 0 Å². The maximum atomic E-state index is 6.11. The van der Waals surface area contributed by atoms with E-state index in [0.29, 0.717) is 0 Å². The molecule has 0 unspecified atom stereocenters. The van der Waals surface area contributed by atoms with Crippen LogP contribution < -0.4 is 0 Å². The Morgan fingerprint density at radius 3 is 2.81 bits per heavy atom. The maximum absolute atomic E-state index is 6.11. The topological polar surface area (TPSA) is 17.8 Å². The first-order chi connectivity index (χ1) is 7.81. The van der Waals surface area contributed by atoms with Gasteiger partial charge in [-0.25, -0.2) is 4.68 Å². The number of unbranched alkanes of at least 4 members (excludes halogenated alkanes) is 1. The molecule has 1 aromatic heterocycles. The minimum Gasteiger partial charge on any atom is -0.239 e. The number of para-hydroxylation sites is 1. The number of hydrogen-bond acceptors (Lipinski definition) is 1. The molecule has 0 N–H and O–H groups in total. The van der Waals surface area contributed by atoms with E-state index in [-0.39, 0.29) is 0 Å². The number of aryl methyl sites for hydroxylation is 1. The molecule has 2 rings (SSSR count). The number of aromatic nitrogens is 2. The third kappa shape index (κ3) is 2.45. The van der Waals surface area contributed by atoms with E-state index in [1.807, 2.05) is 35.1 Å². The van der Waals surface area contributed by atoms with E-state index in [0.717, 1.165) is 22.8 Å². The molecule has 2 nitrogen and oxygen atoms in total. The fraction of sp³-hybridized carbons (Fsp3) is 0.308. The van der Waals surface area contributed by atoms with Gasteiger partial charge in [-0.2, -0.15) is 5.10 Å². The molecule has 1 aromatic carbocycles. The molecule has 0 aliphatic rings. The van der Waals surface area contributed by atoms with Crippen molar-refractivity contribution in [1.29, 1.82) is 0 Å². The Hall–Kier alpha value is -1.28. The average molecular weight is 235 g/mol. The van der Waals surface area contributed by atoms with Crippen LogP contribution in [-0.2, 0) is 6.42 Å². The van der Waals surface area contributed by atoms with Gasteiger partial charge in [-0.3, -0.25) is 0 Å². The third-order valence-corrected chi connectivity index (χ3v) is 2.85. The first-order valence-corrected chi connectivity index (χ1v) is 5.98. The van der Waals surface area contributed by atoms with Crippen LogP contribution in [0.4, 0.5) is 0 Å². The number of benzene rings is 1. The summed E-state index contributed by atoms with van der Waals surface area (Å²) in [6.07, 6.45) is 5.37. The molecule has 16 heavy (non-hydrogen) atoms. The molecule has 0 saturated heterocycles. The van der Waals surface area contributed by atoms with E-state index in [4.69, 9.17) is 11.6 Å². The molecule has 0 spiro atoms. The van der Waals surface area contributed by atoms with Crippen LogP contribution in [0.1, 0.15) is 25.5 Å². The molecule has 0 aliphatic carbocycles. The number of hydrogen-bond donors (Lipinski definition) is 0. The van der Waals surface area contributed by atoms with E-state index in [1.165, 1.54) is 12.8 Å². The summed E-state index contributed by atoms with van der Waals surface area (Å²) >= 11 is 6.11. The zero-order valence-corrected chi connectivity index (χ0v) is 10.1. The normalized spacial score (nSPS) is 10.6. The van der Waals surface area contributed by atoms with Crippen molar-refractivity contribution in [3.05, 3.63) is 47.2 Å². The monoisotopic (exact) mass is 234 g/mol. The minimum atomic E-state index is 0.729. The number of rotatable bonds is 4. The second-order valence-electron chi connectivity index (χ2n) is 3.81. The lowest BCUT2D eigenvalue weighted by molar-refractivity contribution is 0.752. The van der Waals surface area contributed by atoms with Crippen molar-refractivity contribution in [2.24, 2.45) is 0 Å². The summed E-state index contributed by atoms with van der Waals surface area (Å²) in [6, 6.07) is 9.80. The molecule has 0 aliphatic heterocycles. The van der Waals surface area contributed by atoms with E-state index < -0.39 is 0 Å². The van der Waals surface area contributed by atoms with Crippen LogP contribution in [0.25, 0.3) is 5.69 Å². The lowest BCUT2D eigenvalue weighted by Gasteiger charge is -2.03. The van der Waals surface area contributed by atoms with Crippen molar-refractivity contribution >= 4 is 11.6 Å². The molecular weight excluding hydrogens is 220 g/mol. The lowest BCUT2D eigenvalue weighted by atomic mass is 10.2. The van der Waals surface area contributed by atoms with E-state index >= 15 is 0 Å². The van der Waals surface area contributed by atoms with Crippen molar-refractivity contribution in [3.63, 3.8) is 0 Å². The number of nitrogens with zero attached hydrogens (tertiary/aromatic N) is 2. The fourth-order valence-electron chi connectivity index (χ4n) is 1.62. The molecule has 0 atom stereocenters. The van der Waals surface area contributed by atoms with E-state index in [2.05, 4.69) is 18.1 Å². The van der Waals surface area contributed by atoms with Crippen LogP contribution in [0.2, 0.25) is 5.02 Å². The first-order valence-electron chi connectivity index (χ1n) is 5.60. The van der Waals surface area contributed by atoms with Crippen LogP contribution in [0, 0.1) is 0 Å². The van der Waals surface area contributed by atoms with Crippen molar-refractivity contribution in [1.82, 2.24) is 9.78 Å². The molecule has 84 valence electrons. The number of halogens is 1. The van der Waals surface area contributed by atoms with Crippen LogP contribution in [0.15, 0.2) is 36.5 Å². The van der Waals surface area contributed by atoms with Crippen LogP contribution >= 0.6 is 11.6 Å². The molecule has 2 aromatic rings. The molecule has 1 heterocycles. The molecule has 3 heteroatoms. The van der Waals surface area contributed by atoms with Crippen LogP contribution in [0.3, 0.4) is 0 Å². The zero-order valence-electron chi connectivity index (χ0n) is 9.36. The highest BCUT2D eigenvalue weighted by Gasteiger charge is 2.03. The largest absolute Gasteiger partial charge is 0.239 e. The van der Waals surface area contributed by atoms with Gasteiger partial charge >= 0.3 is 0 Å². The van der Waals surface area contributed by atoms with Gasteiger partial charge in [-0.15, -0.1) is 0 Å². The summed E-state index contributed by atoms with van der Waals surface area (Å²) in [5.74, 6) is 0. The van der Waals surface area contributed by atoms with Gasteiger partial charge in [0.05, 0.1) is 16.4 Å². The Balaban J connectivity index is 2.22. The van der Waals surface area contributed by atoms with Crippen molar-refractivity contribution in [2.75, 3.05) is 0 Å². The predicted octanol–water partition coefficient (Wildman–Crippen LogP) is 3.87. The molecule has 0 saturated carbocycles. The van der Waals surface area contributed by atoms with Crippen molar-refractivity contribution in [2.45, 2.75) is 26.2 Å². The van der Waals surface area contributed by atoms with Crippen LogP contribution in [-0.4, -0.2) is 9.78 Å². The third-order valence-electron chi connectivity index (χ3n) is 2.53. The van der Waals surface area contributed by atoms with Crippen molar-refractivity contribution < 1.29 is 0 Å². The smallest absolute Gasteiger partial charge is 0.0831 e. The zero-order chi connectivity index (χ0) is 11.4. The highest BCUT2D eigenvalue weighted by atomic mass is 35.5. The Kier molecular flexibility index (Phi) is 3.62. The van der Waals surface area contributed by atoms with Gasteiger partial charge < -0.3 is 0 Å². The molecule has 0 bridgehead atoms. The highest BCUT2D eigenvalue weighted by molar-refractivity contribution is 6.32. The SMILES string of the molecule is CCCCc1ccn(-c2ccccc2Cl)n1. The minimum absolute atomic E-state index is 0.729. The molecule has 0 fully saturated rings. The van der Waals surface area contributed by atoms with Gasteiger partial charge in [-0.05, 0) is 31.0 Å². The van der Waals surface area contributed by atoms with Gasteiger partial charge in [0.1, 0.15) is 0 Å².